The first-order chi connectivity index (χ1) is 11.9. The summed E-state index contributed by atoms with van der Waals surface area (Å²) in [4.78, 5) is 11.5. The van der Waals surface area contributed by atoms with Gasteiger partial charge in [0.05, 0.1) is 17.5 Å². The van der Waals surface area contributed by atoms with Crippen molar-refractivity contribution >= 4 is 27.4 Å². The van der Waals surface area contributed by atoms with Gasteiger partial charge in [0.2, 0.25) is 0 Å². The first kappa shape index (κ1) is 15.1. The lowest BCUT2D eigenvalue weighted by molar-refractivity contribution is 0.706. The fourth-order valence-corrected chi connectivity index (χ4v) is 4.65. The van der Waals surface area contributed by atoms with Crippen molar-refractivity contribution < 1.29 is 0 Å². The van der Waals surface area contributed by atoms with Crippen LogP contribution in [0.2, 0.25) is 0 Å². The molecule has 1 unspecified atom stereocenters. The molecule has 0 bridgehead atoms. The number of nitriles is 1. The Morgan fingerprint density at radius 2 is 2.08 bits per heavy atom. The second-order valence-electron chi connectivity index (χ2n) is 6.06. The summed E-state index contributed by atoms with van der Waals surface area (Å²) in [6.07, 6.45) is 6.42. The molecule has 1 aliphatic carbocycles. The smallest absolute Gasteiger partial charge is 0.138 e. The Hall–Kier alpha value is -2.45. The number of thiophene rings is 1. The SMILES string of the molecule is N#CCCC(Nc1ncnc2sc3c(c12)CCC3)c1ccccc1. The number of aromatic nitrogens is 2. The van der Waals surface area contributed by atoms with Gasteiger partial charge in [-0.15, -0.1) is 11.3 Å². The van der Waals surface area contributed by atoms with Crippen molar-refractivity contribution in [2.24, 2.45) is 0 Å². The number of nitrogens with zero attached hydrogens (tertiary/aromatic N) is 3. The van der Waals surface area contributed by atoms with E-state index in [9.17, 15) is 0 Å². The van der Waals surface area contributed by atoms with E-state index in [1.54, 1.807) is 17.7 Å². The zero-order chi connectivity index (χ0) is 16.4. The molecule has 4 nitrogen and oxygen atoms in total. The topological polar surface area (TPSA) is 61.6 Å². The summed E-state index contributed by atoms with van der Waals surface area (Å²) in [6.45, 7) is 0. The number of rotatable bonds is 5. The highest BCUT2D eigenvalue weighted by atomic mass is 32.1. The first-order valence-electron chi connectivity index (χ1n) is 8.30. The lowest BCUT2D eigenvalue weighted by atomic mass is 10.0. The minimum atomic E-state index is 0.0842. The predicted molar refractivity (Wildman–Crippen MR) is 97.1 cm³/mol. The van der Waals surface area contributed by atoms with Gasteiger partial charge in [-0.1, -0.05) is 30.3 Å². The van der Waals surface area contributed by atoms with Crippen LogP contribution in [0.3, 0.4) is 0 Å². The Bertz CT molecular complexity index is 895. The number of hydrogen-bond acceptors (Lipinski definition) is 5. The molecule has 1 atom stereocenters. The fraction of sp³-hybridized carbons (Fsp3) is 0.316. The number of benzene rings is 1. The average Bonchev–Trinajstić information content (AvgIpc) is 3.20. The van der Waals surface area contributed by atoms with Crippen LogP contribution >= 0.6 is 11.3 Å². The Balaban J connectivity index is 1.72. The van der Waals surface area contributed by atoms with Gasteiger partial charge in [-0.2, -0.15) is 5.26 Å². The van der Waals surface area contributed by atoms with Gasteiger partial charge in [-0.25, -0.2) is 9.97 Å². The van der Waals surface area contributed by atoms with Gasteiger partial charge >= 0.3 is 0 Å². The Labute approximate surface area is 145 Å². The molecule has 0 radical (unpaired) electrons. The third-order valence-electron chi connectivity index (χ3n) is 4.56. The molecule has 120 valence electrons. The van der Waals surface area contributed by atoms with Crippen LogP contribution in [-0.4, -0.2) is 9.97 Å². The monoisotopic (exact) mass is 334 g/mol. The van der Waals surface area contributed by atoms with Crippen molar-refractivity contribution in [3.8, 4) is 6.07 Å². The van der Waals surface area contributed by atoms with Crippen LogP contribution in [0.1, 0.15) is 41.3 Å². The second kappa shape index (κ2) is 6.58. The van der Waals surface area contributed by atoms with E-state index in [4.69, 9.17) is 5.26 Å². The van der Waals surface area contributed by atoms with Gasteiger partial charge in [0.15, 0.2) is 0 Å². The largest absolute Gasteiger partial charge is 0.363 e. The lowest BCUT2D eigenvalue weighted by Crippen LogP contribution is -2.12. The summed E-state index contributed by atoms with van der Waals surface area (Å²) in [6, 6.07) is 12.6. The summed E-state index contributed by atoms with van der Waals surface area (Å²) in [5.41, 5.74) is 2.61. The predicted octanol–water partition coefficient (Wildman–Crippen LogP) is 4.64. The third-order valence-corrected chi connectivity index (χ3v) is 5.76. The molecule has 4 rings (SSSR count). The summed E-state index contributed by atoms with van der Waals surface area (Å²) >= 11 is 1.80. The van der Waals surface area contributed by atoms with Crippen LogP contribution in [0.15, 0.2) is 36.7 Å². The molecular weight excluding hydrogens is 316 g/mol. The maximum atomic E-state index is 8.99. The second-order valence-corrected chi connectivity index (χ2v) is 7.15. The van der Waals surface area contributed by atoms with Crippen LogP contribution in [0.4, 0.5) is 5.82 Å². The van der Waals surface area contributed by atoms with E-state index in [-0.39, 0.29) is 6.04 Å². The van der Waals surface area contributed by atoms with Gasteiger partial charge in [0, 0.05) is 11.3 Å². The molecule has 2 aromatic heterocycles. The van der Waals surface area contributed by atoms with Gasteiger partial charge in [0.25, 0.3) is 0 Å². The van der Waals surface area contributed by atoms with Crippen LogP contribution in [0.5, 0.6) is 0 Å². The van der Waals surface area contributed by atoms with Crippen LogP contribution < -0.4 is 5.32 Å². The van der Waals surface area contributed by atoms with Gasteiger partial charge < -0.3 is 5.32 Å². The molecule has 0 saturated heterocycles. The minimum Gasteiger partial charge on any atom is -0.363 e. The molecule has 0 fully saturated rings. The molecule has 2 heterocycles. The quantitative estimate of drug-likeness (QED) is 0.738. The first-order valence-corrected chi connectivity index (χ1v) is 9.12. The lowest BCUT2D eigenvalue weighted by Gasteiger charge is -2.19. The zero-order valence-electron chi connectivity index (χ0n) is 13.3. The van der Waals surface area contributed by atoms with Crippen molar-refractivity contribution in [3.05, 3.63) is 52.7 Å². The molecule has 24 heavy (non-hydrogen) atoms. The molecule has 0 spiro atoms. The normalized spacial score (nSPS) is 14.3. The summed E-state index contributed by atoms with van der Waals surface area (Å²) in [7, 11) is 0. The Kier molecular flexibility index (Phi) is 4.14. The molecule has 3 aromatic rings. The zero-order valence-corrected chi connectivity index (χ0v) is 14.1. The Morgan fingerprint density at radius 3 is 2.92 bits per heavy atom. The van der Waals surface area contributed by atoms with Crippen LogP contribution in [0, 0.1) is 11.3 Å². The number of nitrogens with one attached hydrogen (secondary N) is 1. The molecule has 0 amide bonds. The summed E-state index contributed by atoms with van der Waals surface area (Å²) in [5, 5.41) is 13.8. The van der Waals surface area contributed by atoms with E-state index in [1.807, 2.05) is 18.2 Å². The molecule has 0 saturated carbocycles. The van der Waals surface area contributed by atoms with Gasteiger partial charge in [-0.3, -0.25) is 0 Å². The van der Waals surface area contributed by atoms with Crippen molar-refractivity contribution in [1.82, 2.24) is 9.97 Å². The number of fused-ring (bicyclic) bond motifs is 3. The Morgan fingerprint density at radius 1 is 1.21 bits per heavy atom. The van der Waals surface area contributed by atoms with Crippen molar-refractivity contribution in [2.45, 2.75) is 38.1 Å². The van der Waals surface area contributed by atoms with Crippen molar-refractivity contribution in [3.63, 3.8) is 0 Å². The van der Waals surface area contributed by atoms with Crippen LogP contribution in [0.25, 0.3) is 10.2 Å². The third kappa shape index (κ3) is 2.74. The van der Waals surface area contributed by atoms with E-state index in [2.05, 4.69) is 33.5 Å². The van der Waals surface area contributed by atoms with Gasteiger partial charge in [0.1, 0.15) is 17.0 Å². The highest BCUT2D eigenvalue weighted by Crippen LogP contribution is 2.40. The molecule has 1 aliphatic rings. The van der Waals surface area contributed by atoms with E-state index in [0.717, 1.165) is 29.9 Å². The number of hydrogen-bond donors (Lipinski definition) is 1. The van der Waals surface area contributed by atoms with E-state index < -0.39 is 0 Å². The average molecular weight is 334 g/mol. The minimum absolute atomic E-state index is 0.0842. The van der Waals surface area contributed by atoms with Gasteiger partial charge in [-0.05, 0) is 36.8 Å². The highest BCUT2D eigenvalue weighted by Gasteiger charge is 2.22. The standard InChI is InChI=1S/C19H18N4S/c20-11-5-9-15(13-6-2-1-3-7-13)23-18-17-14-8-4-10-16(14)24-19(17)22-12-21-18/h1-3,6-7,12,15H,4-5,8-10H2,(H,21,22,23). The molecule has 1 N–H and O–H groups in total. The van der Waals surface area contributed by atoms with E-state index in [1.165, 1.54) is 27.8 Å². The fourth-order valence-electron chi connectivity index (χ4n) is 3.42. The number of anilines is 1. The molecule has 5 heteroatoms. The van der Waals surface area contributed by atoms with Crippen LogP contribution in [-0.2, 0) is 12.8 Å². The summed E-state index contributed by atoms with van der Waals surface area (Å²) < 4.78 is 0. The molecular formula is C19H18N4S. The van der Waals surface area contributed by atoms with Crippen molar-refractivity contribution in [1.29, 1.82) is 5.26 Å². The van der Waals surface area contributed by atoms with E-state index in [0.29, 0.717) is 6.42 Å². The maximum absolute atomic E-state index is 8.99. The van der Waals surface area contributed by atoms with E-state index >= 15 is 0 Å². The number of aryl methyl sites for hydroxylation is 2. The maximum Gasteiger partial charge on any atom is 0.138 e. The summed E-state index contributed by atoms with van der Waals surface area (Å²) in [5.74, 6) is 0.909. The van der Waals surface area contributed by atoms with Crippen molar-refractivity contribution in [2.75, 3.05) is 5.32 Å². The highest BCUT2D eigenvalue weighted by molar-refractivity contribution is 7.19. The molecule has 0 aliphatic heterocycles. The molecule has 1 aromatic carbocycles.